The van der Waals surface area contributed by atoms with Crippen LogP contribution in [0.5, 0.6) is 0 Å². The average Bonchev–Trinajstić information content (AvgIpc) is 2.76. The van der Waals surface area contributed by atoms with Gasteiger partial charge in [-0.1, -0.05) is 29.8 Å². The van der Waals surface area contributed by atoms with Crippen molar-refractivity contribution in [2.24, 2.45) is 0 Å². The Balaban J connectivity index is 1.32. The van der Waals surface area contributed by atoms with Gasteiger partial charge in [-0.3, -0.25) is 0 Å². The summed E-state index contributed by atoms with van der Waals surface area (Å²) >= 11 is 0. The number of amides is 2. The van der Waals surface area contributed by atoms with Crippen LogP contribution in [0.2, 0.25) is 0 Å². The minimum atomic E-state index is -0.145. The number of rotatable bonds is 5. The molecule has 1 fully saturated rings. The van der Waals surface area contributed by atoms with Crippen molar-refractivity contribution < 1.29 is 4.79 Å². The van der Waals surface area contributed by atoms with E-state index in [0.717, 1.165) is 48.1 Å². The molecule has 1 saturated carbocycles. The van der Waals surface area contributed by atoms with Crippen LogP contribution < -0.4 is 20.9 Å². The summed E-state index contributed by atoms with van der Waals surface area (Å²) in [5.41, 5.74) is 2.92. The Kier molecular flexibility index (Phi) is 6.21. The number of carbonyl (C=O) groups excluding carboxylic acids is 1. The zero-order valence-corrected chi connectivity index (χ0v) is 18.4. The molecule has 1 aliphatic carbocycles. The first kappa shape index (κ1) is 20.9. The summed E-state index contributed by atoms with van der Waals surface area (Å²) in [5, 5.41) is 10.6. The molecule has 7 heteroatoms. The first-order valence-electron chi connectivity index (χ1n) is 10.8. The Labute approximate surface area is 183 Å². The van der Waals surface area contributed by atoms with Crippen LogP contribution in [0.15, 0.2) is 48.5 Å². The number of hydrogen-bond acceptors (Lipinski definition) is 5. The topological polar surface area (TPSA) is 82.2 Å². The molecule has 0 spiro atoms. The highest BCUT2D eigenvalue weighted by atomic mass is 16.2. The SMILES string of the molecule is Cc1ccc(NC(=O)N[C@H]2CC[C@@H](Nc3nc(N(C)C)c4ccccc4n3)CC2)cc1. The predicted molar refractivity (Wildman–Crippen MR) is 127 cm³/mol. The quantitative estimate of drug-likeness (QED) is 0.566. The van der Waals surface area contributed by atoms with Gasteiger partial charge in [0.1, 0.15) is 5.82 Å². The average molecular weight is 419 g/mol. The van der Waals surface area contributed by atoms with Gasteiger partial charge in [0.05, 0.1) is 5.52 Å². The molecule has 162 valence electrons. The summed E-state index contributed by atoms with van der Waals surface area (Å²) in [6.45, 7) is 2.03. The highest BCUT2D eigenvalue weighted by Gasteiger charge is 2.23. The molecule has 2 aromatic carbocycles. The van der Waals surface area contributed by atoms with E-state index in [1.807, 2.05) is 74.4 Å². The normalized spacial score (nSPS) is 18.4. The molecule has 2 amide bonds. The number of hydrogen-bond donors (Lipinski definition) is 3. The molecular formula is C24H30N6O. The summed E-state index contributed by atoms with van der Waals surface area (Å²) in [4.78, 5) is 23.8. The zero-order valence-electron chi connectivity index (χ0n) is 18.4. The van der Waals surface area contributed by atoms with Gasteiger partial charge in [0.2, 0.25) is 5.95 Å². The standard InChI is InChI=1S/C24H30N6O/c1-16-8-10-18(11-9-16)26-24(31)27-19-14-12-17(13-15-19)25-23-28-21-7-5-4-6-20(21)22(29-23)30(2)3/h4-11,17,19H,12-15H2,1-3H3,(H,25,28,29)(H2,26,27,31)/t17-,19+. The van der Waals surface area contributed by atoms with Gasteiger partial charge in [0.15, 0.2) is 0 Å². The van der Waals surface area contributed by atoms with Gasteiger partial charge >= 0.3 is 6.03 Å². The second kappa shape index (κ2) is 9.20. The summed E-state index contributed by atoms with van der Waals surface area (Å²) in [5.74, 6) is 1.58. The van der Waals surface area contributed by atoms with Gasteiger partial charge in [-0.05, 0) is 56.9 Å². The second-order valence-corrected chi connectivity index (χ2v) is 8.44. The lowest BCUT2D eigenvalue weighted by Gasteiger charge is -2.30. The molecule has 1 heterocycles. The summed E-state index contributed by atoms with van der Waals surface area (Å²) in [7, 11) is 3.99. The van der Waals surface area contributed by atoms with E-state index in [1.54, 1.807) is 0 Å². The predicted octanol–water partition coefficient (Wildman–Crippen LogP) is 4.55. The Morgan fingerprint density at radius 3 is 2.32 bits per heavy atom. The summed E-state index contributed by atoms with van der Waals surface area (Å²) in [6, 6.07) is 16.2. The van der Waals surface area contributed by atoms with Gasteiger partial charge in [-0.15, -0.1) is 0 Å². The number of nitrogens with zero attached hydrogens (tertiary/aromatic N) is 3. The van der Waals surface area contributed by atoms with E-state index in [9.17, 15) is 4.79 Å². The van der Waals surface area contributed by atoms with Gasteiger partial charge in [-0.25, -0.2) is 9.78 Å². The van der Waals surface area contributed by atoms with Crippen molar-refractivity contribution >= 4 is 34.4 Å². The zero-order chi connectivity index (χ0) is 21.8. The largest absolute Gasteiger partial charge is 0.362 e. The van der Waals surface area contributed by atoms with Crippen molar-refractivity contribution in [1.82, 2.24) is 15.3 Å². The van der Waals surface area contributed by atoms with Crippen LogP contribution in [-0.4, -0.2) is 42.2 Å². The number of urea groups is 1. The number of benzene rings is 2. The van der Waals surface area contributed by atoms with E-state index < -0.39 is 0 Å². The molecule has 0 saturated heterocycles. The maximum Gasteiger partial charge on any atom is 0.319 e. The van der Waals surface area contributed by atoms with Crippen LogP contribution >= 0.6 is 0 Å². The van der Waals surface area contributed by atoms with Crippen molar-refractivity contribution in [3.8, 4) is 0 Å². The van der Waals surface area contributed by atoms with Crippen LogP contribution in [0, 0.1) is 6.92 Å². The molecular weight excluding hydrogens is 388 g/mol. The molecule has 0 atom stereocenters. The number of carbonyl (C=O) groups is 1. The van der Waals surface area contributed by atoms with Gasteiger partial charge in [0, 0.05) is 37.3 Å². The maximum absolute atomic E-state index is 12.3. The third-order valence-electron chi connectivity index (χ3n) is 5.71. The minimum Gasteiger partial charge on any atom is -0.362 e. The minimum absolute atomic E-state index is 0.145. The molecule has 0 unspecified atom stereocenters. The number of aryl methyl sites for hydroxylation is 1. The van der Waals surface area contributed by atoms with E-state index in [-0.39, 0.29) is 12.1 Å². The van der Waals surface area contributed by atoms with Crippen LogP contribution in [-0.2, 0) is 0 Å². The summed E-state index contributed by atoms with van der Waals surface area (Å²) < 4.78 is 0. The molecule has 0 bridgehead atoms. The fraction of sp³-hybridized carbons (Fsp3) is 0.375. The van der Waals surface area contributed by atoms with E-state index in [2.05, 4.69) is 16.0 Å². The molecule has 0 aliphatic heterocycles. The molecule has 4 rings (SSSR count). The smallest absolute Gasteiger partial charge is 0.319 e. The van der Waals surface area contributed by atoms with E-state index >= 15 is 0 Å². The van der Waals surface area contributed by atoms with Crippen LogP contribution in [0.25, 0.3) is 10.9 Å². The second-order valence-electron chi connectivity index (χ2n) is 8.44. The Morgan fingerprint density at radius 1 is 0.935 bits per heavy atom. The number of fused-ring (bicyclic) bond motifs is 1. The Bertz CT molecular complexity index is 1040. The molecule has 1 aromatic heterocycles. The third-order valence-corrected chi connectivity index (χ3v) is 5.71. The Morgan fingerprint density at radius 2 is 1.61 bits per heavy atom. The van der Waals surface area contributed by atoms with Crippen molar-refractivity contribution in [3.05, 3.63) is 54.1 Å². The lowest BCUT2D eigenvalue weighted by Crippen LogP contribution is -2.42. The van der Waals surface area contributed by atoms with Gasteiger partial charge in [-0.2, -0.15) is 4.98 Å². The first-order chi connectivity index (χ1) is 15.0. The maximum atomic E-state index is 12.3. The van der Waals surface area contributed by atoms with Crippen molar-refractivity contribution in [2.45, 2.75) is 44.7 Å². The lowest BCUT2D eigenvalue weighted by atomic mass is 9.91. The molecule has 3 aromatic rings. The number of para-hydroxylation sites is 1. The van der Waals surface area contributed by atoms with Crippen molar-refractivity contribution in [1.29, 1.82) is 0 Å². The van der Waals surface area contributed by atoms with Crippen LogP contribution in [0.3, 0.4) is 0 Å². The van der Waals surface area contributed by atoms with Crippen molar-refractivity contribution in [3.63, 3.8) is 0 Å². The molecule has 0 radical (unpaired) electrons. The summed E-state index contributed by atoms with van der Waals surface area (Å²) in [6.07, 6.45) is 3.77. The number of anilines is 3. The monoisotopic (exact) mass is 418 g/mol. The lowest BCUT2D eigenvalue weighted by molar-refractivity contribution is 0.243. The molecule has 3 N–H and O–H groups in total. The van der Waals surface area contributed by atoms with Gasteiger partial charge < -0.3 is 20.9 Å². The number of nitrogens with one attached hydrogen (secondary N) is 3. The fourth-order valence-electron chi connectivity index (χ4n) is 4.02. The molecule has 1 aliphatic rings. The van der Waals surface area contributed by atoms with E-state index in [1.165, 1.54) is 5.56 Å². The van der Waals surface area contributed by atoms with E-state index in [0.29, 0.717) is 12.0 Å². The first-order valence-corrected chi connectivity index (χ1v) is 10.8. The van der Waals surface area contributed by atoms with E-state index in [4.69, 9.17) is 9.97 Å². The van der Waals surface area contributed by atoms with Crippen molar-refractivity contribution in [2.75, 3.05) is 29.6 Å². The van der Waals surface area contributed by atoms with Crippen LogP contribution in [0.4, 0.5) is 22.2 Å². The van der Waals surface area contributed by atoms with Gasteiger partial charge in [0.25, 0.3) is 0 Å². The fourth-order valence-corrected chi connectivity index (χ4v) is 4.02. The third kappa shape index (κ3) is 5.23. The highest BCUT2D eigenvalue weighted by molar-refractivity contribution is 5.90. The Hall–Kier alpha value is -3.35. The molecule has 7 nitrogen and oxygen atoms in total. The highest BCUT2D eigenvalue weighted by Crippen LogP contribution is 2.26. The number of aromatic nitrogens is 2. The van der Waals surface area contributed by atoms with Crippen LogP contribution in [0.1, 0.15) is 31.2 Å². The molecule has 31 heavy (non-hydrogen) atoms.